The van der Waals surface area contributed by atoms with Gasteiger partial charge in [0.15, 0.2) is 0 Å². The Morgan fingerprint density at radius 3 is 2.60 bits per heavy atom. The van der Waals surface area contributed by atoms with Gasteiger partial charge in [-0.25, -0.2) is 0 Å². The molecule has 0 spiro atoms. The van der Waals surface area contributed by atoms with E-state index in [1.165, 1.54) is 0 Å². The van der Waals surface area contributed by atoms with Crippen molar-refractivity contribution in [3.8, 4) is 0 Å². The van der Waals surface area contributed by atoms with Gasteiger partial charge in [-0.15, -0.1) is 0 Å². The lowest BCUT2D eigenvalue weighted by atomic mass is 10.0. The van der Waals surface area contributed by atoms with Gasteiger partial charge in [-0.1, -0.05) is 19.0 Å². The number of hydrogen-bond donors (Lipinski definition) is 1. The maximum Gasteiger partial charge on any atom is 0.0460 e. The van der Waals surface area contributed by atoms with Crippen LogP contribution in [0.3, 0.4) is 0 Å². The van der Waals surface area contributed by atoms with Gasteiger partial charge in [0, 0.05) is 17.6 Å². The molecule has 0 fully saturated rings. The van der Waals surface area contributed by atoms with Crippen LogP contribution in [0.25, 0.3) is 10.4 Å². The van der Waals surface area contributed by atoms with Crippen LogP contribution in [0.5, 0.6) is 0 Å². The van der Waals surface area contributed by atoms with Crippen LogP contribution in [0.15, 0.2) is 5.11 Å². The minimum atomic E-state index is -0.0602. The molecular formula is C6H13N3O. The third-order valence-electron chi connectivity index (χ3n) is 1.56. The van der Waals surface area contributed by atoms with Crippen LogP contribution >= 0.6 is 0 Å². The Bertz CT molecular complexity index is 131. The first-order valence-electron chi connectivity index (χ1n) is 3.41. The van der Waals surface area contributed by atoms with E-state index in [0.29, 0.717) is 0 Å². The smallest absolute Gasteiger partial charge is 0.0460 e. The largest absolute Gasteiger partial charge is 0.396 e. The first-order valence-corrected chi connectivity index (χ1v) is 3.41. The quantitative estimate of drug-likeness (QED) is 0.363. The number of azide groups is 1. The van der Waals surface area contributed by atoms with Crippen LogP contribution in [-0.4, -0.2) is 17.8 Å². The van der Waals surface area contributed by atoms with Crippen LogP contribution in [0.4, 0.5) is 0 Å². The van der Waals surface area contributed by atoms with Crippen molar-refractivity contribution in [1.82, 2.24) is 0 Å². The third-order valence-corrected chi connectivity index (χ3v) is 1.56. The summed E-state index contributed by atoms with van der Waals surface area (Å²) in [5, 5.41) is 12.2. The highest BCUT2D eigenvalue weighted by molar-refractivity contribution is 4.70. The van der Waals surface area contributed by atoms with Crippen molar-refractivity contribution in [1.29, 1.82) is 0 Å². The molecule has 0 aromatic carbocycles. The van der Waals surface area contributed by atoms with E-state index >= 15 is 0 Å². The highest BCUT2D eigenvalue weighted by atomic mass is 16.3. The highest BCUT2D eigenvalue weighted by Gasteiger charge is 2.11. The summed E-state index contributed by atoms with van der Waals surface area (Å²) in [5.41, 5.74) is 8.09. The predicted molar refractivity (Wildman–Crippen MR) is 39.5 cm³/mol. The Kier molecular flexibility index (Phi) is 4.72. The van der Waals surface area contributed by atoms with Crippen LogP contribution in [0.1, 0.15) is 20.3 Å². The van der Waals surface area contributed by atoms with Gasteiger partial charge in [0.1, 0.15) is 0 Å². The molecule has 10 heavy (non-hydrogen) atoms. The summed E-state index contributed by atoms with van der Waals surface area (Å²) in [7, 11) is 0. The van der Waals surface area contributed by atoms with Crippen LogP contribution in [0, 0.1) is 5.92 Å². The third kappa shape index (κ3) is 2.71. The lowest BCUT2D eigenvalue weighted by Gasteiger charge is -2.13. The van der Waals surface area contributed by atoms with Crippen molar-refractivity contribution in [2.75, 3.05) is 6.61 Å². The lowest BCUT2D eigenvalue weighted by Crippen LogP contribution is -2.17. The van der Waals surface area contributed by atoms with E-state index in [1.54, 1.807) is 0 Å². The molecule has 58 valence electrons. The van der Waals surface area contributed by atoms with Gasteiger partial charge >= 0.3 is 0 Å². The predicted octanol–water partition coefficient (Wildman–Crippen LogP) is 1.70. The van der Waals surface area contributed by atoms with Crippen molar-refractivity contribution >= 4 is 0 Å². The van der Waals surface area contributed by atoms with Crippen molar-refractivity contribution in [3.05, 3.63) is 10.4 Å². The maximum atomic E-state index is 8.68. The van der Waals surface area contributed by atoms with Gasteiger partial charge in [-0.2, -0.15) is 0 Å². The molecule has 0 aliphatic rings. The zero-order valence-corrected chi connectivity index (χ0v) is 6.36. The van der Waals surface area contributed by atoms with Gasteiger partial charge in [-0.05, 0) is 17.9 Å². The molecule has 0 radical (unpaired) electrons. The van der Waals surface area contributed by atoms with E-state index in [1.807, 2.05) is 13.8 Å². The molecule has 0 saturated heterocycles. The van der Waals surface area contributed by atoms with Gasteiger partial charge in [-0.3, -0.25) is 0 Å². The van der Waals surface area contributed by atoms with E-state index in [-0.39, 0.29) is 18.6 Å². The molecule has 0 aliphatic heterocycles. The fraction of sp³-hybridized carbons (Fsp3) is 1.00. The summed E-state index contributed by atoms with van der Waals surface area (Å²) in [6, 6.07) is -0.0602. The van der Waals surface area contributed by atoms with E-state index in [0.717, 1.165) is 6.42 Å². The monoisotopic (exact) mass is 143 g/mol. The average molecular weight is 143 g/mol. The van der Waals surface area contributed by atoms with E-state index in [4.69, 9.17) is 10.6 Å². The Morgan fingerprint density at radius 2 is 2.30 bits per heavy atom. The topological polar surface area (TPSA) is 69.0 Å². The summed E-state index contributed by atoms with van der Waals surface area (Å²) >= 11 is 0. The Hall–Kier alpha value is -0.730. The molecule has 0 bridgehead atoms. The van der Waals surface area contributed by atoms with Gasteiger partial charge in [0.2, 0.25) is 0 Å². The maximum absolute atomic E-state index is 8.68. The molecule has 0 unspecified atom stereocenters. The molecule has 0 aliphatic carbocycles. The number of rotatable bonds is 4. The van der Waals surface area contributed by atoms with Crippen LogP contribution in [-0.2, 0) is 0 Å². The van der Waals surface area contributed by atoms with Crippen molar-refractivity contribution < 1.29 is 5.11 Å². The van der Waals surface area contributed by atoms with Crippen molar-refractivity contribution in [3.63, 3.8) is 0 Å². The molecule has 2 atom stereocenters. The minimum absolute atomic E-state index is 0.0602. The zero-order valence-electron chi connectivity index (χ0n) is 6.36. The molecular weight excluding hydrogens is 130 g/mol. The zero-order chi connectivity index (χ0) is 7.98. The molecule has 0 saturated carbocycles. The Morgan fingerprint density at radius 1 is 1.70 bits per heavy atom. The first kappa shape index (κ1) is 9.27. The Labute approximate surface area is 60.5 Å². The molecule has 4 heteroatoms. The van der Waals surface area contributed by atoms with Gasteiger partial charge < -0.3 is 5.11 Å². The standard InChI is InChI=1S/C6H13N3O/c1-3-6(8-9-7)5(2)4-10/h5-6,10H,3-4H2,1-2H3/t5-,6-/m1/s1. The number of nitrogens with zero attached hydrogens (tertiary/aromatic N) is 3. The molecule has 0 rings (SSSR count). The highest BCUT2D eigenvalue weighted by Crippen LogP contribution is 2.09. The van der Waals surface area contributed by atoms with E-state index in [9.17, 15) is 0 Å². The number of hydrogen-bond acceptors (Lipinski definition) is 2. The second-order valence-corrected chi connectivity index (χ2v) is 2.34. The SMILES string of the molecule is CC[C@@H](N=[N+]=[N-])[C@H](C)CO. The summed E-state index contributed by atoms with van der Waals surface area (Å²) in [4.78, 5) is 2.69. The van der Waals surface area contributed by atoms with Gasteiger partial charge in [0.05, 0.1) is 0 Å². The fourth-order valence-electron chi connectivity index (χ4n) is 0.786. The van der Waals surface area contributed by atoms with E-state index in [2.05, 4.69) is 10.0 Å². The molecule has 0 heterocycles. The van der Waals surface area contributed by atoms with Crippen LogP contribution < -0.4 is 0 Å². The number of aliphatic hydroxyl groups excluding tert-OH is 1. The molecule has 1 N–H and O–H groups in total. The Balaban J connectivity index is 3.91. The van der Waals surface area contributed by atoms with Crippen LogP contribution in [0.2, 0.25) is 0 Å². The fourth-order valence-corrected chi connectivity index (χ4v) is 0.786. The number of aliphatic hydroxyl groups is 1. The van der Waals surface area contributed by atoms with Gasteiger partial charge in [0.25, 0.3) is 0 Å². The average Bonchev–Trinajstić information content (AvgIpc) is 1.99. The summed E-state index contributed by atoms with van der Waals surface area (Å²) < 4.78 is 0. The minimum Gasteiger partial charge on any atom is -0.396 e. The summed E-state index contributed by atoms with van der Waals surface area (Å²) in [5.74, 6) is 0.0703. The summed E-state index contributed by atoms with van der Waals surface area (Å²) in [6.07, 6.45) is 0.784. The molecule has 0 aromatic heterocycles. The first-order chi connectivity index (χ1) is 4.76. The van der Waals surface area contributed by atoms with E-state index < -0.39 is 0 Å². The molecule has 4 nitrogen and oxygen atoms in total. The summed E-state index contributed by atoms with van der Waals surface area (Å²) in [6.45, 7) is 3.88. The normalized spacial score (nSPS) is 15.5. The second kappa shape index (κ2) is 5.09. The lowest BCUT2D eigenvalue weighted by molar-refractivity contribution is 0.214. The van der Waals surface area contributed by atoms with Crippen molar-refractivity contribution in [2.24, 2.45) is 11.0 Å². The molecule has 0 amide bonds. The molecule has 0 aromatic rings. The van der Waals surface area contributed by atoms with Crippen molar-refractivity contribution in [2.45, 2.75) is 26.3 Å². The second-order valence-electron chi connectivity index (χ2n) is 2.34.